The Morgan fingerprint density at radius 2 is 1.94 bits per heavy atom. The van der Waals surface area contributed by atoms with Gasteiger partial charge in [0, 0.05) is 35.9 Å². The van der Waals surface area contributed by atoms with Crippen LogP contribution in [-0.4, -0.2) is 53.3 Å². The first-order valence-electron chi connectivity index (χ1n) is 6.19. The van der Waals surface area contributed by atoms with Crippen LogP contribution in [0.3, 0.4) is 0 Å². The van der Waals surface area contributed by atoms with E-state index < -0.39 is 14.5 Å². The van der Waals surface area contributed by atoms with Crippen LogP contribution in [0.25, 0.3) is 0 Å². The molecule has 0 aromatic rings. The molecule has 1 unspecified atom stereocenters. The van der Waals surface area contributed by atoms with Gasteiger partial charge in [-0.1, -0.05) is 0 Å². The van der Waals surface area contributed by atoms with Crippen molar-refractivity contribution in [2.45, 2.75) is 25.4 Å². The molecule has 0 aromatic heterocycles. The fourth-order valence-electron chi connectivity index (χ4n) is 2.44. The average Bonchev–Trinajstić information content (AvgIpc) is 2.78. The van der Waals surface area contributed by atoms with Gasteiger partial charge in [0.25, 0.3) is 0 Å². The molecule has 106 valence electrons. The molecule has 2 aliphatic heterocycles. The van der Waals surface area contributed by atoms with Crippen LogP contribution in [-0.2, 0) is 23.3 Å². The molecule has 2 heterocycles. The minimum atomic E-state index is -3.52. The van der Waals surface area contributed by atoms with Gasteiger partial charge in [-0.05, 0) is 19.3 Å². The average molecular weight is 299 g/mol. The number of rotatable bonds is 5. The molecule has 1 atom stereocenters. The van der Waals surface area contributed by atoms with Crippen LogP contribution < -0.4 is 0 Å². The molecular weight excluding hydrogens is 280 g/mol. The summed E-state index contributed by atoms with van der Waals surface area (Å²) in [5, 5.41) is 0. The van der Waals surface area contributed by atoms with E-state index in [0.29, 0.717) is 45.9 Å². The molecule has 2 rings (SSSR count). The van der Waals surface area contributed by atoms with Crippen LogP contribution in [0.15, 0.2) is 0 Å². The number of hydrogen-bond donors (Lipinski definition) is 0. The van der Waals surface area contributed by atoms with Crippen LogP contribution in [0.1, 0.15) is 19.3 Å². The SMILES string of the molecule is O=S(=O)(Cl)CC1(COC2CCOC2)CCOCC1. The Hall–Kier alpha value is 0.120. The van der Waals surface area contributed by atoms with E-state index in [-0.39, 0.29) is 11.9 Å². The summed E-state index contributed by atoms with van der Waals surface area (Å²) in [7, 11) is 1.88. The van der Waals surface area contributed by atoms with Crippen LogP contribution in [0.4, 0.5) is 0 Å². The highest BCUT2D eigenvalue weighted by atomic mass is 35.7. The van der Waals surface area contributed by atoms with Crippen LogP contribution >= 0.6 is 10.7 Å². The van der Waals surface area contributed by atoms with Gasteiger partial charge in [-0.2, -0.15) is 0 Å². The van der Waals surface area contributed by atoms with E-state index in [9.17, 15) is 8.42 Å². The fraction of sp³-hybridized carbons (Fsp3) is 1.00. The number of halogens is 1. The van der Waals surface area contributed by atoms with E-state index in [0.717, 1.165) is 6.42 Å². The quantitative estimate of drug-likeness (QED) is 0.713. The molecule has 0 aromatic carbocycles. The van der Waals surface area contributed by atoms with Gasteiger partial charge >= 0.3 is 0 Å². The van der Waals surface area contributed by atoms with Crippen molar-refractivity contribution >= 4 is 19.7 Å². The Morgan fingerprint density at radius 3 is 2.50 bits per heavy atom. The molecule has 0 aliphatic carbocycles. The Kier molecular flexibility index (Phi) is 4.88. The summed E-state index contributed by atoms with van der Waals surface area (Å²) >= 11 is 0. The van der Waals surface area contributed by atoms with E-state index >= 15 is 0 Å². The monoisotopic (exact) mass is 298 g/mol. The highest BCUT2D eigenvalue weighted by Gasteiger charge is 2.38. The summed E-state index contributed by atoms with van der Waals surface area (Å²) in [4.78, 5) is 0. The molecular formula is C11H19ClO5S. The normalized spacial score (nSPS) is 28.4. The Morgan fingerprint density at radius 1 is 1.22 bits per heavy atom. The first-order valence-corrected chi connectivity index (χ1v) is 8.66. The van der Waals surface area contributed by atoms with Gasteiger partial charge in [-0.25, -0.2) is 8.42 Å². The minimum absolute atomic E-state index is 0.0432. The standard InChI is InChI=1S/C11H19ClO5S/c12-18(13,14)9-11(2-5-15-6-3-11)8-17-10-1-4-16-7-10/h10H,1-9H2. The third-order valence-corrected chi connectivity index (χ3v) is 4.83. The predicted octanol–water partition coefficient (Wildman–Crippen LogP) is 1.16. The van der Waals surface area contributed by atoms with E-state index in [1.54, 1.807) is 0 Å². The largest absolute Gasteiger partial charge is 0.381 e. The van der Waals surface area contributed by atoms with E-state index in [1.807, 2.05) is 0 Å². The van der Waals surface area contributed by atoms with Gasteiger partial charge in [0.15, 0.2) is 0 Å². The second-order valence-electron chi connectivity index (χ2n) is 5.09. The highest BCUT2D eigenvalue weighted by molar-refractivity contribution is 8.13. The maximum absolute atomic E-state index is 11.3. The van der Waals surface area contributed by atoms with Crippen molar-refractivity contribution in [3.63, 3.8) is 0 Å². The second kappa shape index (κ2) is 6.05. The number of ether oxygens (including phenoxy) is 3. The van der Waals surface area contributed by atoms with Crippen molar-refractivity contribution in [2.24, 2.45) is 5.41 Å². The lowest BCUT2D eigenvalue weighted by Crippen LogP contribution is -2.40. The van der Waals surface area contributed by atoms with Gasteiger partial charge in [0.1, 0.15) is 0 Å². The predicted molar refractivity (Wildman–Crippen MR) is 67.3 cm³/mol. The summed E-state index contributed by atoms with van der Waals surface area (Å²) < 4.78 is 39.0. The molecule has 2 aliphatic rings. The van der Waals surface area contributed by atoms with Gasteiger partial charge in [-0.15, -0.1) is 0 Å². The van der Waals surface area contributed by atoms with Crippen molar-refractivity contribution < 1.29 is 22.6 Å². The zero-order chi connectivity index (χ0) is 13.1. The topological polar surface area (TPSA) is 61.8 Å². The van der Waals surface area contributed by atoms with Gasteiger partial charge in [0.05, 0.1) is 25.1 Å². The fourth-order valence-corrected chi connectivity index (χ4v) is 4.24. The molecule has 0 amide bonds. The Bertz CT molecular complexity index is 358. The smallest absolute Gasteiger partial charge is 0.233 e. The van der Waals surface area contributed by atoms with Crippen molar-refractivity contribution in [1.82, 2.24) is 0 Å². The highest BCUT2D eigenvalue weighted by Crippen LogP contribution is 2.34. The van der Waals surface area contributed by atoms with E-state index in [2.05, 4.69) is 0 Å². The van der Waals surface area contributed by atoms with E-state index in [4.69, 9.17) is 24.9 Å². The summed E-state index contributed by atoms with van der Waals surface area (Å²) in [5.74, 6) is -0.0432. The van der Waals surface area contributed by atoms with Crippen LogP contribution in [0.5, 0.6) is 0 Å². The first kappa shape index (κ1) is 14.5. The third-order valence-electron chi connectivity index (χ3n) is 3.55. The van der Waals surface area contributed by atoms with Gasteiger partial charge in [-0.3, -0.25) is 0 Å². The van der Waals surface area contributed by atoms with Crippen molar-refractivity contribution in [2.75, 3.05) is 38.8 Å². The van der Waals surface area contributed by atoms with Crippen molar-refractivity contribution in [3.8, 4) is 0 Å². The molecule has 18 heavy (non-hydrogen) atoms. The molecule has 0 bridgehead atoms. The molecule has 2 fully saturated rings. The zero-order valence-electron chi connectivity index (χ0n) is 10.3. The van der Waals surface area contributed by atoms with Crippen molar-refractivity contribution in [3.05, 3.63) is 0 Å². The maximum Gasteiger partial charge on any atom is 0.233 e. The van der Waals surface area contributed by atoms with Gasteiger partial charge < -0.3 is 14.2 Å². The molecule has 5 nitrogen and oxygen atoms in total. The Balaban J connectivity index is 1.94. The van der Waals surface area contributed by atoms with Crippen LogP contribution in [0, 0.1) is 5.41 Å². The summed E-state index contributed by atoms with van der Waals surface area (Å²) in [6.45, 7) is 2.86. The third kappa shape index (κ3) is 4.35. The Labute approximate surface area is 112 Å². The number of hydrogen-bond acceptors (Lipinski definition) is 5. The lowest BCUT2D eigenvalue weighted by molar-refractivity contribution is -0.0535. The molecule has 0 spiro atoms. The molecule has 2 saturated heterocycles. The first-order chi connectivity index (χ1) is 8.49. The lowest BCUT2D eigenvalue weighted by Gasteiger charge is -2.36. The molecule has 0 N–H and O–H groups in total. The molecule has 0 radical (unpaired) electrons. The summed E-state index contributed by atoms with van der Waals surface area (Å²) in [5.41, 5.74) is -0.401. The summed E-state index contributed by atoms with van der Waals surface area (Å²) in [6.07, 6.45) is 2.31. The molecule has 0 saturated carbocycles. The van der Waals surface area contributed by atoms with Crippen molar-refractivity contribution in [1.29, 1.82) is 0 Å². The maximum atomic E-state index is 11.3. The minimum Gasteiger partial charge on any atom is -0.381 e. The summed E-state index contributed by atoms with van der Waals surface area (Å²) in [6, 6.07) is 0. The lowest BCUT2D eigenvalue weighted by atomic mass is 9.83. The molecule has 7 heteroatoms. The van der Waals surface area contributed by atoms with E-state index in [1.165, 1.54) is 0 Å². The second-order valence-corrected chi connectivity index (χ2v) is 7.87. The van der Waals surface area contributed by atoms with Gasteiger partial charge in [0.2, 0.25) is 9.05 Å². The zero-order valence-corrected chi connectivity index (χ0v) is 11.8. The van der Waals surface area contributed by atoms with Crippen LogP contribution in [0.2, 0.25) is 0 Å².